The molecule has 1 N–H and O–H groups in total. The Bertz CT molecular complexity index is 747. The summed E-state index contributed by atoms with van der Waals surface area (Å²) < 4.78 is 41.5. The summed E-state index contributed by atoms with van der Waals surface area (Å²) in [7, 11) is 0. The van der Waals surface area contributed by atoms with Gasteiger partial charge in [0.25, 0.3) is 0 Å². The van der Waals surface area contributed by atoms with Crippen LogP contribution in [0.5, 0.6) is 0 Å². The van der Waals surface area contributed by atoms with E-state index in [1.165, 1.54) is 6.33 Å². The van der Waals surface area contributed by atoms with E-state index in [9.17, 15) is 13.2 Å². The highest BCUT2D eigenvalue weighted by Gasteiger charge is 2.47. The molecule has 0 saturated heterocycles. The lowest BCUT2D eigenvalue weighted by molar-refractivity contribution is 0.350. The first-order valence-electron chi connectivity index (χ1n) is 6.85. The van der Waals surface area contributed by atoms with Gasteiger partial charge in [-0.15, -0.1) is 0 Å². The van der Waals surface area contributed by atoms with E-state index >= 15 is 0 Å². The van der Waals surface area contributed by atoms with E-state index in [2.05, 4.69) is 15.3 Å². The maximum absolute atomic E-state index is 14.4. The second-order valence-corrected chi connectivity index (χ2v) is 5.49. The molecule has 1 atom stereocenters. The Morgan fingerprint density at radius 2 is 2.00 bits per heavy atom. The Hall–Kier alpha value is -1.95. The van der Waals surface area contributed by atoms with Gasteiger partial charge in [0, 0.05) is 30.3 Å². The van der Waals surface area contributed by atoms with E-state index in [0.29, 0.717) is 31.4 Å². The van der Waals surface area contributed by atoms with Crippen LogP contribution < -0.4 is 5.32 Å². The van der Waals surface area contributed by atoms with Gasteiger partial charge < -0.3 is 5.32 Å². The fourth-order valence-electron chi connectivity index (χ4n) is 3.60. The van der Waals surface area contributed by atoms with Gasteiger partial charge in [-0.2, -0.15) is 0 Å². The highest BCUT2D eigenvalue weighted by Crippen LogP contribution is 2.46. The van der Waals surface area contributed by atoms with Gasteiger partial charge in [-0.05, 0) is 24.5 Å². The standard InChI is InChI=1S/C15H12F3N3/c16-10-5-8-1-3-15(12(8)14(18)13(10)17)9-6-19-7-20-11(9)2-4-21-15/h5-7,21H,1-4H2. The van der Waals surface area contributed by atoms with Crippen LogP contribution in [-0.4, -0.2) is 16.5 Å². The molecule has 0 bridgehead atoms. The molecular weight excluding hydrogens is 279 g/mol. The number of nitrogens with one attached hydrogen (secondary N) is 1. The van der Waals surface area contributed by atoms with Crippen molar-refractivity contribution in [1.29, 1.82) is 0 Å². The quantitative estimate of drug-likeness (QED) is 0.756. The molecule has 2 aliphatic rings. The molecule has 0 amide bonds. The van der Waals surface area contributed by atoms with Crippen LogP contribution in [0.2, 0.25) is 0 Å². The van der Waals surface area contributed by atoms with Crippen LogP contribution in [-0.2, 0) is 18.4 Å². The first-order chi connectivity index (χ1) is 10.1. The summed E-state index contributed by atoms with van der Waals surface area (Å²) in [6.07, 6.45) is 4.84. The van der Waals surface area contributed by atoms with Crippen molar-refractivity contribution in [2.75, 3.05) is 6.54 Å². The number of hydrogen-bond acceptors (Lipinski definition) is 3. The normalized spacial score (nSPS) is 23.2. The van der Waals surface area contributed by atoms with Gasteiger partial charge in [0.1, 0.15) is 6.33 Å². The number of hydrogen-bond donors (Lipinski definition) is 1. The van der Waals surface area contributed by atoms with Gasteiger partial charge in [-0.25, -0.2) is 23.1 Å². The zero-order valence-electron chi connectivity index (χ0n) is 11.1. The summed E-state index contributed by atoms with van der Waals surface area (Å²) in [6.45, 7) is 0.613. The van der Waals surface area contributed by atoms with Crippen LogP contribution in [0.3, 0.4) is 0 Å². The van der Waals surface area contributed by atoms with Gasteiger partial charge in [-0.1, -0.05) is 0 Å². The maximum Gasteiger partial charge on any atom is 0.194 e. The van der Waals surface area contributed by atoms with Gasteiger partial charge >= 0.3 is 0 Å². The Balaban J connectivity index is 2.02. The molecule has 1 aromatic heterocycles. The molecule has 1 spiro atoms. The second kappa shape index (κ2) is 4.27. The summed E-state index contributed by atoms with van der Waals surface area (Å²) in [5, 5.41) is 3.29. The van der Waals surface area contributed by atoms with Gasteiger partial charge in [-0.3, -0.25) is 0 Å². The van der Waals surface area contributed by atoms with Crippen molar-refractivity contribution in [2.24, 2.45) is 0 Å². The molecule has 2 heterocycles. The minimum Gasteiger partial charge on any atom is -0.303 e. The van der Waals surface area contributed by atoms with E-state index in [4.69, 9.17) is 0 Å². The van der Waals surface area contributed by atoms with E-state index < -0.39 is 23.0 Å². The van der Waals surface area contributed by atoms with Crippen molar-refractivity contribution in [1.82, 2.24) is 15.3 Å². The lowest BCUT2D eigenvalue weighted by atomic mass is 9.80. The van der Waals surface area contributed by atoms with Crippen LogP contribution in [0.1, 0.15) is 28.8 Å². The summed E-state index contributed by atoms with van der Waals surface area (Å²) in [6, 6.07) is 1.10. The fourth-order valence-corrected chi connectivity index (χ4v) is 3.60. The Morgan fingerprint density at radius 1 is 1.14 bits per heavy atom. The average Bonchev–Trinajstić information content (AvgIpc) is 2.85. The number of nitrogens with zero attached hydrogens (tertiary/aromatic N) is 2. The van der Waals surface area contributed by atoms with Gasteiger partial charge in [0.2, 0.25) is 0 Å². The monoisotopic (exact) mass is 291 g/mol. The molecule has 0 saturated carbocycles. The SMILES string of the molecule is Fc1cc2c(c(F)c1F)C1(CC2)NCCc2ncncc21. The van der Waals surface area contributed by atoms with Crippen LogP contribution in [0, 0.1) is 17.5 Å². The van der Waals surface area contributed by atoms with Crippen LogP contribution >= 0.6 is 0 Å². The van der Waals surface area contributed by atoms with Crippen LogP contribution in [0.4, 0.5) is 13.2 Å². The van der Waals surface area contributed by atoms with Gasteiger partial charge in [0.15, 0.2) is 17.5 Å². The fraction of sp³-hybridized carbons (Fsp3) is 0.333. The van der Waals surface area contributed by atoms with E-state index in [1.807, 2.05) is 0 Å². The lowest BCUT2D eigenvalue weighted by Crippen LogP contribution is -2.47. The molecule has 108 valence electrons. The van der Waals surface area contributed by atoms with E-state index in [-0.39, 0.29) is 5.56 Å². The molecule has 3 nitrogen and oxygen atoms in total. The van der Waals surface area contributed by atoms with E-state index in [1.54, 1.807) is 6.20 Å². The predicted octanol–water partition coefficient (Wildman–Crippen LogP) is 2.23. The number of aromatic nitrogens is 2. The third-order valence-corrected chi connectivity index (χ3v) is 4.48. The highest BCUT2D eigenvalue weighted by molar-refractivity contribution is 5.50. The highest BCUT2D eigenvalue weighted by atomic mass is 19.2. The number of aryl methyl sites for hydroxylation is 1. The Labute approximate surface area is 119 Å². The predicted molar refractivity (Wildman–Crippen MR) is 69.2 cm³/mol. The first-order valence-corrected chi connectivity index (χ1v) is 6.85. The molecule has 0 radical (unpaired) electrons. The molecule has 4 rings (SSSR count). The second-order valence-electron chi connectivity index (χ2n) is 5.49. The minimum absolute atomic E-state index is 0.206. The van der Waals surface area contributed by atoms with Crippen molar-refractivity contribution in [3.05, 3.63) is 58.4 Å². The molecule has 1 aromatic carbocycles. The van der Waals surface area contributed by atoms with Crippen LogP contribution in [0.15, 0.2) is 18.6 Å². The number of halogens is 3. The summed E-state index contributed by atoms with van der Waals surface area (Å²) in [4.78, 5) is 8.26. The van der Waals surface area contributed by atoms with Crippen molar-refractivity contribution >= 4 is 0 Å². The van der Waals surface area contributed by atoms with Crippen molar-refractivity contribution in [2.45, 2.75) is 24.8 Å². The molecule has 6 heteroatoms. The smallest absolute Gasteiger partial charge is 0.194 e. The van der Waals surface area contributed by atoms with Crippen molar-refractivity contribution in [3.63, 3.8) is 0 Å². The maximum atomic E-state index is 14.4. The third kappa shape index (κ3) is 1.59. The van der Waals surface area contributed by atoms with Crippen LogP contribution in [0.25, 0.3) is 0 Å². The Kier molecular flexibility index (Phi) is 2.60. The van der Waals surface area contributed by atoms with E-state index in [0.717, 1.165) is 17.3 Å². The number of rotatable bonds is 0. The van der Waals surface area contributed by atoms with Crippen molar-refractivity contribution < 1.29 is 13.2 Å². The molecule has 1 unspecified atom stereocenters. The molecule has 21 heavy (non-hydrogen) atoms. The summed E-state index contributed by atoms with van der Waals surface area (Å²) in [5.74, 6) is -3.66. The molecule has 0 fully saturated rings. The number of benzene rings is 1. The topological polar surface area (TPSA) is 37.8 Å². The first kappa shape index (κ1) is 12.8. The largest absolute Gasteiger partial charge is 0.303 e. The summed E-state index contributed by atoms with van der Waals surface area (Å²) >= 11 is 0. The number of fused-ring (bicyclic) bond motifs is 4. The molecule has 1 aliphatic carbocycles. The Morgan fingerprint density at radius 3 is 2.86 bits per heavy atom. The zero-order valence-corrected chi connectivity index (χ0v) is 11.1. The molecular formula is C15H12F3N3. The molecule has 2 aromatic rings. The lowest BCUT2D eigenvalue weighted by Gasteiger charge is -2.37. The summed E-state index contributed by atoms with van der Waals surface area (Å²) in [5.41, 5.74) is 1.47. The third-order valence-electron chi connectivity index (χ3n) is 4.48. The van der Waals surface area contributed by atoms with Gasteiger partial charge in [0.05, 0.1) is 11.2 Å². The minimum atomic E-state index is -1.42. The van der Waals surface area contributed by atoms with Crippen molar-refractivity contribution in [3.8, 4) is 0 Å². The zero-order chi connectivity index (χ0) is 14.6. The molecule has 1 aliphatic heterocycles. The average molecular weight is 291 g/mol.